The Morgan fingerprint density at radius 3 is 2.83 bits per heavy atom. The Bertz CT molecular complexity index is 719. The number of hydrogen-bond donors (Lipinski definition) is 1. The first-order chi connectivity index (χ1) is 13.7. The van der Waals surface area contributed by atoms with Crippen LogP contribution in [-0.4, -0.2) is 57.4 Å². The molecule has 1 aromatic carbocycles. The van der Waals surface area contributed by atoms with E-state index in [4.69, 9.17) is 18.9 Å². The summed E-state index contributed by atoms with van der Waals surface area (Å²) in [4.78, 5) is 6.82. The fourth-order valence-electron chi connectivity index (χ4n) is 2.94. The van der Waals surface area contributed by atoms with Gasteiger partial charge in [-0.1, -0.05) is 0 Å². The van der Waals surface area contributed by atoms with Gasteiger partial charge in [-0.15, -0.1) is 24.0 Å². The molecule has 1 aliphatic rings. The van der Waals surface area contributed by atoms with E-state index in [-0.39, 0.29) is 29.8 Å². The highest BCUT2D eigenvalue weighted by Gasteiger charge is 2.16. The number of benzene rings is 1. The summed E-state index contributed by atoms with van der Waals surface area (Å²) in [7, 11) is 1.98. The molecule has 1 aliphatic heterocycles. The fraction of sp³-hybridized carbons (Fsp3) is 0.476. The minimum Gasteiger partial charge on any atom is -0.492 e. The van der Waals surface area contributed by atoms with Crippen LogP contribution in [-0.2, 0) is 11.2 Å². The SMILES string of the molecule is CN(CCOc1ccc(F)cc1)C(=NCC1CCOC1)NCCc1ccco1.I. The van der Waals surface area contributed by atoms with Gasteiger partial charge in [0.15, 0.2) is 5.96 Å². The van der Waals surface area contributed by atoms with Gasteiger partial charge in [0.25, 0.3) is 0 Å². The van der Waals surface area contributed by atoms with Gasteiger partial charge in [0.1, 0.15) is 23.9 Å². The number of furan rings is 1. The molecule has 1 unspecified atom stereocenters. The molecule has 2 heterocycles. The predicted molar refractivity (Wildman–Crippen MR) is 122 cm³/mol. The largest absolute Gasteiger partial charge is 0.492 e. The first kappa shape index (κ1) is 23.5. The molecule has 1 N–H and O–H groups in total. The molecule has 8 heteroatoms. The van der Waals surface area contributed by atoms with Gasteiger partial charge in [0.05, 0.1) is 19.4 Å². The topological polar surface area (TPSA) is 59.2 Å². The first-order valence-electron chi connectivity index (χ1n) is 9.68. The summed E-state index contributed by atoms with van der Waals surface area (Å²) in [5.41, 5.74) is 0. The zero-order valence-electron chi connectivity index (χ0n) is 16.7. The second-order valence-electron chi connectivity index (χ2n) is 6.87. The molecule has 1 fully saturated rings. The lowest BCUT2D eigenvalue weighted by Crippen LogP contribution is -2.42. The molecule has 3 rings (SSSR count). The smallest absolute Gasteiger partial charge is 0.193 e. The molecule has 1 saturated heterocycles. The number of guanidine groups is 1. The molecule has 29 heavy (non-hydrogen) atoms. The zero-order chi connectivity index (χ0) is 19.6. The standard InChI is InChI=1S/C21H28FN3O3.HI/c1-25(11-14-28-20-6-4-18(22)5-7-20)21(24-15-17-9-13-26-16-17)23-10-8-19-3-2-12-27-19;/h2-7,12,17H,8-11,13-16H2,1H3,(H,23,24);1H. The van der Waals surface area contributed by atoms with E-state index >= 15 is 0 Å². The molecule has 160 valence electrons. The van der Waals surface area contributed by atoms with Crippen molar-refractivity contribution in [1.82, 2.24) is 10.2 Å². The lowest BCUT2D eigenvalue weighted by atomic mass is 10.1. The van der Waals surface area contributed by atoms with Gasteiger partial charge in [0, 0.05) is 39.1 Å². The average Bonchev–Trinajstić information content (AvgIpc) is 3.40. The van der Waals surface area contributed by atoms with Gasteiger partial charge >= 0.3 is 0 Å². The number of aliphatic imine (C=N–C) groups is 1. The van der Waals surface area contributed by atoms with Gasteiger partial charge in [0.2, 0.25) is 0 Å². The maximum Gasteiger partial charge on any atom is 0.193 e. The molecule has 0 radical (unpaired) electrons. The van der Waals surface area contributed by atoms with Crippen LogP contribution in [0.4, 0.5) is 4.39 Å². The zero-order valence-corrected chi connectivity index (χ0v) is 19.0. The second-order valence-corrected chi connectivity index (χ2v) is 6.87. The van der Waals surface area contributed by atoms with Crippen molar-refractivity contribution in [1.29, 1.82) is 0 Å². The van der Waals surface area contributed by atoms with Crippen LogP contribution in [0.1, 0.15) is 12.2 Å². The molecule has 0 spiro atoms. The molecule has 6 nitrogen and oxygen atoms in total. The molecule has 1 atom stereocenters. The summed E-state index contributed by atoms with van der Waals surface area (Å²) in [5.74, 6) is 2.64. The van der Waals surface area contributed by atoms with Crippen molar-refractivity contribution in [2.75, 3.05) is 46.5 Å². The summed E-state index contributed by atoms with van der Waals surface area (Å²) >= 11 is 0. The number of nitrogens with one attached hydrogen (secondary N) is 1. The number of ether oxygens (including phenoxy) is 2. The highest BCUT2D eigenvalue weighted by molar-refractivity contribution is 14.0. The number of rotatable bonds is 9. The molecule has 0 saturated carbocycles. The van der Waals surface area contributed by atoms with Gasteiger partial charge < -0.3 is 24.1 Å². The maximum absolute atomic E-state index is 13.0. The third-order valence-corrected chi connectivity index (χ3v) is 4.63. The maximum atomic E-state index is 13.0. The van der Waals surface area contributed by atoms with E-state index in [1.54, 1.807) is 18.4 Å². The van der Waals surface area contributed by atoms with Crippen molar-refractivity contribution in [2.45, 2.75) is 12.8 Å². The molecular weight excluding hydrogens is 488 g/mol. The van der Waals surface area contributed by atoms with Crippen molar-refractivity contribution in [3.8, 4) is 5.75 Å². The fourth-order valence-corrected chi connectivity index (χ4v) is 2.94. The Hall–Kier alpha value is -1.81. The third kappa shape index (κ3) is 8.22. The lowest BCUT2D eigenvalue weighted by Gasteiger charge is -2.23. The number of likely N-dealkylation sites (N-methyl/N-ethyl adjacent to an activating group) is 1. The predicted octanol–water partition coefficient (Wildman–Crippen LogP) is 3.57. The molecule has 1 aromatic heterocycles. The van der Waals surface area contributed by atoms with Gasteiger partial charge in [-0.3, -0.25) is 4.99 Å². The summed E-state index contributed by atoms with van der Waals surface area (Å²) < 4.78 is 29.5. The highest BCUT2D eigenvalue weighted by Crippen LogP contribution is 2.13. The van der Waals surface area contributed by atoms with Crippen LogP contribution in [0, 0.1) is 11.7 Å². The van der Waals surface area contributed by atoms with Crippen LogP contribution in [0.15, 0.2) is 52.1 Å². The molecule has 0 amide bonds. The second kappa shape index (κ2) is 12.7. The van der Waals surface area contributed by atoms with Gasteiger partial charge in [-0.05, 0) is 42.8 Å². The first-order valence-corrected chi connectivity index (χ1v) is 9.68. The minimum absolute atomic E-state index is 0. The Labute approximate surface area is 188 Å². The average molecular weight is 517 g/mol. The van der Waals surface area contributed by atoms with E-state index in [2.05, 4.69) is 5.32 Å². The molecule has 2 aromatic rings. The highest BCUT2D eigenvalue weighted by atomic mass is 127. The van der Waals surface area contributed by atoms with Crippen LogP contribution in [0.25, 0.3) is 0 Å². The Morgan fingerprint density at radius 1 is 1.31 bits per heavy atom. The number of hydrogen-bond acceptors (Lipinski definition) is 4. The van der Waals surface area contributed by atoms with E-state index in [9.17, 15) is 4.39 Å². The quantitative estimate of drug-likeness (QED) is 0.313. The lowest BCUT2D eigenvalue weighted by molar-refractivity contribution is 0.187. The van der Waals surface area contributed by atoms with Crippen molar-refractivity contribution >= 4 is 29.9 Å². The van der Waals surface area contributed by atoms with Gasteiger partial charge in [-0.2, -0.15) is 0 Å². The van der Waals surface area contributed by atoms with E-state index in [0.29, 0.717) is 24.8 Å². The van der Waals surface area contributed by atoms with Crippen LogP contribution < -0.4 is 10.1 Å². The van der Waals surface area contributed by atoms with Crippen LogP contribution in [0.3, 0.4) is 0 Å². The summed E-state index contributed by atoms with van der Waals surface area (Å²) in [6, 6.07) is 9.91. The van der Waals surface area contributed by atoms with E-state index in [0.717, 1.165) is 50.9 Å². The van der Waals surface area contributed by atoms with Crippen LogP contribution >= 0.6 is 24.0 Å². The summed E-state index contributed by atoms with van der Waals surface area (Å²) in [6.45, 7) is 4.21. The third-order valence-electron chi connectivity index (χ3n) is 4.63. The van der Waals surface area contributed by atoms with Crippen molar-refractivity contribution in [3.05, 3.63) is 54.2 Å². The summed E-state index contributed by atoms with van der Waals surface area (Å²) in [6.07, 6.45) is 3.53. The van der Waals surface area contributed by atoms with Crippen molar-refractivity contribution in [3.63, 3.8) is 0 Å². The molecular formula is C21H29FIN3O3. The van der Waals surface area contributed by atoms with E-state index in [1.165, 1.54) is 12.1 Å². The normalized spacial score (nSPS) is 16.3. The number of nitrogens with zero attached hydrogens (tertiary/aromatic N) is 2. The van der Waals surface area contributed by atoms with E-state index in [1.807, 2.05) is 24.1 Å². The molecule has 0 bridgehead atoms. The van der Waals surface area contributed by atoms with Crippen molar-refractivity contribution in [2.24, 2.45) is 10.9 Å². The Balaban J connectivity index is 0.00000300. The molecule has 0 aliphatic carbocycles. The summed E-state index contributed by atoms with van der Waals surface area (Å²) in [5, 5.41) is 3.41. The minimum atomic E-state index is -0.268. The van der Waals surface area contributed by atoms with Crippen LogP contribution in [0.2, 0.25) is 0 Å². The van der Waals surface area contributed by atoms with Crippen LogP contribution in [0.5, 0.6) is 5.75 Å². The monoisotopic (exact) mass is 517 g/mol. The number of halogens is 2. The Morgan fingerprint density at radius 2 is 2.14 bits per heavy atom. The van der Waals surface area contributed by atoms with E-state index < -0.39 is 0 Å². The van der Waals surface area contributed by atoms with Crippen molar-refractivity contribution < 1.29 is 18.3 Å². The van der Waals surface area contributed by atoms with Gasteiger partial charge in [-0.25, -0.2) is 4.39 Å². The Kier molecular flexibility index (Phi) is 10.3.